The molecule has 5 heteroatoms. The van der Waals surface area contributed by atoms with E-state index in [-0.39, 0.29) is 21.7 Å². The fourth-order valence-electron chi connectivity index (χ4n) is 2.86. The number of hydrogen-bond donors (Lipinski definition) is 4. The van der Waals surface area contributed by atoms with Crippen molar-refractivity contribution >= 4 is 0 Å². The van der Waals surface area contributed by atoms with Crippen LogP contribution in [0.3, 0.4) is 0 Å². The van der Waals surface area contributed by atoms with Crippen molar-refractivity contribution in [3.8, 4) is 0 Å². The molecule has 0 saturated carbocycles. The molecule has 0 spiro atoms. The normalized spacial score (nSPS) is 9.45. The van der Waals surface area contributed by atoms with Crippen molar-refractivity contribution in [3.63, 3.8) is 0 Å². The topological polar surface area (TPSA) is 80.9 Å². The van der Waals surface area contributed by atoms with Gasteiger partial charge < -0.3 is 20.4 Å². The van der Waals surface area contributed by atoms with E-state index in [0.29, 0.717) is 26.4 Å². The average Bonchev–Trinajstić information content (AvgIpc) is 2.82. The first kappa shape index (κ1) is 43.6. The zero-order valence-corrected chi connectivity index (χ0v) is 24.8. The van der Waals surface area contributed by atoms with Crippen LogP contribution in [0.1, 0.15) is 156 Å². The first-order chi connectivity index (χ1) is 15.7. The third-order valence-electron chi connectivity index (χ3n) is 5.05. The van der Waals surface area contributed by atoms with Crippen LogP contribution in [0.15, 0.2) is 0 Å². The maximum atomic E-state index is 8.37. The van der Waals surface area contributed by atoms with Gasteiger partial charge in [0, 0.05) is 48.1 Å². The van der Waals surface area contributed by atoms with E-state index in [1.165, 1.54) is 103 Å². The Labute approximate surface area is 224 Å². The molecule has 0 aliphatic heterocycles. The van der Waals surface area contributed by atoms with Gasteiger partial charge in [0.25, 0.3) is 0 Å². The van der Waals surface area contributed by atoms with Gasteiger partial charge in [0.1, 0.15) is 0 Å². The van der Waals surface area contributed by atoms with Gasteiger partial charge >= 0.3 is 0 Å². The summed E-state index contributed by atoms with van der Waals surface area (Å²) in [5, 5.41) is 33.5. The minimum Gasteiger partial charge on any atom is -0.396 e. The molecule has 0 amide bonds. The number of rotatable bonds is 20. The second-order valence-electron chi connectivity index (χ2n) is 8.55. The van der Waals surface area contributed by atoms with E-state index in [0.717, 1.165) is 25.7 Å². The average molecular weight is 513 g/mol. The Hall–Kier alpha value is 0.554. The first-order valence-electron chi connectivity index (χ1n) is 14.1. The summed E-state index contributed by atoms with van der Waals surface area (Å²) in [6.45, 7) is 10.2. The van der Waals surface area contributed by atoms with Gasteiger partial charge in [-0.05, 0) is 25.7 Å². The molecular formula is C28H64O4Ti. The Morgan fingerprint density at radius 2 is 0.424 bits per heavy atom. The van der Waals surface area contributed by atoms with E-state index in [2.05, 4.69) is 27.7 Å². The van der Waals surface area contributed by atoms with Gasteiger partial charge in [-0.1, -0.05) is 130 Å². The van der Waals surface area contributed by atoms with E-state index < -0.39 is 0 Å². The Morgan fingerprint density at radius 1 is 0.273 bits per heavy atom. The Kier molecular flexibility index (Phi) is 71.1. The molecule has 0 aliphatic carbocycles. The summed E-state index contributed by atoms with van der Waals surface area (Å²) in [7, 11) is 0. The molecular weight excluding hydrogens is 448 g/mol. The molecule has 0 heterocycles. The molecule has 0 aromatic rings. The van der Waals surface area contributed by atoms with Crippen LogP contribution in [0.25, 0.3) is 0 Å². The molecule has 0 unspecified atom stereocenters. The van der Waals surface area contributed by atoms with E-state index >= 15 is 0 Å². The zero-order chi connectivity index (χ0) is 25.0. The van der Waals surface area contributed by atoms with Gasteiger partial charge in [-0.15, -0.1) is 0 Å². The number of aliphatic hydroxyl groups excluding tert-OH is 4. The third-order valence-corrected chi connectivity index (χ3v) is 5.05. The van der Waals surface area contributed by atoms with Crippen LogP contribution in [-0.4, -0.2) is 46.9 Å². The molecule has 0 atom stereocenters. The molecule has 0 fully saturated rings. The smallest absolute Gasteiger partial charge is 0.0431 e. The summed E-state index contributed by atoms with van der Waals surface area (Å²) >= 11 is 0. The molecule has 0 rings (SSSR count). The van der Waals surface area contributed by atoms with Crippen LogP contribution in [0, 0.1) is 0 Å². The van der Waals surface area contributed by atoms with Crippen molar-refractivity contribution in [3.05, 3.63) is 0 Å². The monoisotopic (exact) mass is 512 g/mol. The standard InChI is InChI=1S/4C7H16O.Ti/c4*1-2-3-4-5-6-7-8;/h4*8H,2-7H2,1H3;. The Balaban J connectivity index is -0.000000105. The van der Waals surface area contributed by atoms with Crippen LogP contribution in [0.2, 0.25) is 0 Å². The van der Waals surface area contributed by atoms with Gasteiger partial charge in [0.15, 0.2) is 0 Å². The number of hydrogen-bond acceptors (Lipinski definition) is 4. The van der Waals surface area contributed by atoms with Gasteiger partial charge in [0.2, 0.25) is 0 Å². The molecule has 0 aromatic carbocycles. The summed E-state index contributed by atoms with van der Waals surface area (Å²) in [6.07, 6.45) is 24.3. The molecule has 0 aromatic heterocycles. The first-order valence-corrected chi connectivity index (χ1v) is 14.1. The van der Waals surface area contributed by atoms with Crippen molar-refractivity contribution in [1.82, 2.24) is 0 Å². The van der Waals surface area contributed by atoms with Crippen molar-refractivity contribution in [2.24, 2.45) is 0 Å². The minimum atomic E-state index is 0. The van der Waals surface area contributed by atoms with E-state index in [4.69, 9.17) is 20.4 Å². The maximum Gasteiger partial charge on any atom is 0.0431 e. The van der Waals surface area contributed by atoms with Crippen LogP contribution < -0.4 is 0 Å². The molecule has 4 nitrogen and oxygen atoms in total. The predicted molar refractivity (Wildman–Crippen MR) is 143 cm³/mol. The molecule has 0 saturated heterocycles. The van der Waals surface area contributed by atoms with E-state index in [1.54, 1.807) is 0 Å². The molecule has 4 N–H and O–H groups in total. The Bertz CT molecular complexity index is 172. The van der Waals surface area contributed by atoms with Crippen LogP contribution in [0.4, 0.5) is 0 Å². The summed E-state index contributed by atoms with van der Waals surface area (Å²) in [5.74, 6) is 0. The van der Waals surface area contributed by atoms with Crippen LogP contribution >= 0.6 is 0 Å². The van der Waals surface area contributed by atoms with Crippen LogP contribution in [-0.2, 0) is 21.7 Å². The summed E-state index contributed by atoms with van der Waals surface area (Å²) in [4.78, 5) is 0. The van der Waals surface area contributed by atoms with Gasteiger partial charge in [-0.2, -0.15) is 0 Å². The fourth-order valence-corrected chi connectivity index (χ4v) is 2.86. The van der Waals surface area contributed by atoms with Crippen molar-refractivity contribution in [2.75, 3.05) is 26.4 Å². The number of unbranched alkanes of at least 4 members (excludes halogenated alkanes) is 16. The van der Waals surface area contributed by atoms with Crippen molar-refractivity contribution in [2.45, 2.75) is 156 Å². The van der Waals surface area contributed by atoms with Gasteiger partial charge in [-0.3, -0.25) is 0 Å². The second kappa shape index (κ2) is 53.8. The molecule has 33 heavy (non-hydrogen) atoms. The van der Waals surface area contributed by atoms with Gasteiger partial charge in [-0.25, -0.2) is 0 Å². The second-order valence-corrected chi connectivity index (χ2v) is 8.55. The fraction of sp³-hybridized carbons (Fsp3) is 1.00. The van der Waals surface area contributed by atoms with Crippen molar-refractivity contribution < 1.29 is 42.1 Å². The predicted octanol–water partition coefficient (Wildman–Crippen LogP) is 7.79. The zero-order valence-electron chi connectivity index (χ0n) is 23.3. The summed E-state index contributed by atoms with van der Waals surface area (Å²) in [5.41, 5.74) is 0. The largest absolute Gasteiger partial charge is 0.396 e. The summed E-state index contributed by atoms with van der Waals surface area (Å²) < 4.78 is 0. The Morgan fingerprint density at radius 3 is 0.545 bits per heavy atom. The van der Waals surface area contributed by atoms with Crippen molar-refractivity contribution in [1.29, 1.82) is 0 Å². The molecule has 204 valence electrons. The van der Waals surface area contributed by atoms with Gasteiger partial charge in [0.05, 0.1) is 0 Å². The van der Waals surface area contributed by atoms with E-state index in [1.807, 2.05) is 0 Å². The SMILES string of the molecule is CCCCCCCO.CCCCCCCO.CCCCCCCO.CCCCCCCO.[Ti]. The maximum absolute atomic E-state index is 8.37. The third kappa shape index (κ3) is 71.9. The quantitative estimate of drug-likeness (QED) is 0.0991. The molecule has 0 radical (unpaired) electrons. The minimum absolute atomic E-state index is 0. The number of aliphatic hydroxyl groups is 4. The molecule has 0 bridgehead atoms. The van der Waals surface area contributed by atoms with Crippen LogP contribution in [0.5, 0.6) is 0 Å². The molecule has 0 aliphatic rings. The summed E-state index contributed by atoms with van der Waals surface area (Å²) in [6, 6.07) is 0. The van der Waals surface area contributed by atoms with E-state index in [9.17, 15) is 0 Å².